The molecule has 0 bridgehead atoms. The van der Waals surface area contributed by atoms with Crippen LogP contribution in [0.2, 0.25) is 0 Å². The number of hydrogen-bond acceptors (Lipinski definition) is 5. The molecule has 0 amide bonds. The standard InChI is InChI=1S/C18H27N5O2S2/c1-5-20-18(22-11-17-23-13(2)14(3)26-17)21-10-15-7-6-8-16(9-15)12-27(24,25)19-4/h6-9,19H,5,10-12H2,1-4H3,(H2,20,21,22). The fourth-order valence-electron chi connectivity index (χ4n) is 2.40. The first-order valence-electron chi connectivity index (χ1n) is 8.77. The van der Waals surface area contributed by atoms with Gasteiger partial charge < -0.3 is 10.6 Å². The summed E-state index contributed by atoms with van der Waals surface area (Å²) in [6, 6.07) is 7.47. The molecule has 1 heterocycles. The number of aryl methyl sites for hydroxylation is 2. The van der Waals surface area contributed by atoms with Crippen molar-refractivity contribution in [1.82, 2.24) is 20.3 Å². The number of nitrogens with zero attached hydrogens (tertiary/aromatic N) is 2. The molecule has 0 unspecified atom stereocenters. The minimum atomic E-state index is -3.29. The van der Waals surface area contributed by atoms with Crippen LogP contribution in [-0.2, 0) is 28.9 Å². The van der Waals surface area contributed by atoms with Crippen LogP contribution < -0.4 is 15.4 Å². The predicted molar refractivity (Wildman–Crippen MR) is 111 cm³/mol. The lowest BCUT2D eigenvalue weighted by Gasteiger charge is -2.10. The van der Waals surface area contributed by atoms with Gasteiger partial charge in [-0.3, -0.25) is 0 Å². The van der Waals surface area contributed by atoms with Crippen LogP contribution in [0.25, 0.3) is 0 Å². The van der Waals surface area contributed by atoms with E-state index in [9.17, 15) is 8.42 Å². The van der Waals surface area contributed by atoms with E-state index in [0.29, 0.717) is 19.0 Å². The van der Waals surface area contributed by atoms with E-state index in [-0.39, 0.29) is 5.75 Å². The van der Waals surface area contributed by atoms with Crippen molar-refractivity contribution < 1.29 is 8.42 Å². The van der Waals surface area contributed by atoms with E-state index in [1.807, 2.05) is 32.0 Å². The van der Waals surface area contributed by atoms with Gasteiger partial charge in [0.2, 0.25) is 10.0 Å². The molecule has 7 nitrogen and oxygen atoms in total. The van der Waals surface area contributed by atoms with Crippen LogP contribution in [0, 0.1) is 13.8 Å². The highest BCUT2D eigenvalue weighted by Crippen LogP contribution is 2.16. The Kier molecular flexibility index (Phi) is 7.76. The van der Waals surface area contributed by atoms with Gasteiger partial charge in [-0.25, -0.2) is 23.1 Å². The number of thiazole rings is 1. The van der Waals surface area contributed by atoms with Crippen LogP contribution in [0.5, 0.6) is 0 Å². The number of rotatable bonds is 8. The average Bonchev–Trinajstić information content (AvgIpc) is 2.95. The lowest BCUT2D eigenvalue weighted by molar-refractivity contribution is 0.587. The lowest BCUT2D eigenvalue weighted by Crippen LogP contribution is -2.36. The third kappa shape index (κ3) is 6.93. The van der Waals surface area contributed by atoms with Crippen LogP contribution in [-0.4, -0.2) is 33.0 Å². The maximum Gasteiger partial charge on any atom is 0.215 e. The Morgan fingerprint density at radius 1 is 1.22 bits per heavy atom. The quantitative estimate of drug-likeness (QED) is 0.458. The second kappa shape index (κ2) is 9.82. The molecule has 0 aliphatic carbocycles. The Morgan fingerprint density at radius 2 is 1.96 bits per heavy atom. The van der Waals surface area contributed by atoms with Crippen molar-refractivity contribution >= 4 is 27.3 Å². The molecule has 0 aliphatic heterocycles. The summed E-state index contributed by atoms with van der Waals surface area (Å²) in [6.07, 6.45) is 0. The molecule has 148 valence electrons. The highest BCUT2D eigenvalue weighted by atomic mass is 32.2. The fourth-order valence-corrected chi connectivity index (χ4v) is 4.03. The van der Waals surface area contributed by atoms with Gasteiger partial charge in [-0.2, -0.15) is 0 Å². The molecule has 27 heavy (non-hydrogen) atoms. The fraction of sp³-hybridized carbons (Fsp3) is 0.444. The van der Waals surface area contributed by atoms with Gasteiger partial charge in [0.15, 0.2) is 5.96 Å². The van der Waals surface area contributed by atoms with Crippen molar-refractivity contribution in [1.29, 1.82) is 0 Å². The van der Waals surface area contributed by atoms with Gasteiger partial charge in [-0.05, 0) is 38.9 Å². The Labute approximate surface area is 165 Å². The van der Waals surface area contributed by atoms with Gasteiger partial charge >= 0.3 is 0 Å². The number of sulfonamides is 1. The first-order valence-corrected chi connectivity index (χ1v) is 11.2. The molecule has 1 aromatic carbocycles. The second-order valence-electron chi connectivity index (χ2n) is 6.08. The monoisotopic (exact) mass is 409 g/mol. The molecule has 0 saturated carbocycles. The Balaban J connectivity index is 2.03. The summed E-state index contributed by atoms with van der Waals surface area (Å²) in [5, 5.41) is 7.53. The Bertz CT molecular complexity index is 871. The van der Waals surface area contributed by atoms with Crippen LogP contribution in [0.1, 0.15) is 33.6 Å². The summed E-state index contributed by atoms with van der Waals surface area (Å²) < 4.78 is 25.8. The molecule has 0 radical (unpaired) electrons. The number of benzene rings is 1. The lowest BCUT2D eigenvalue weighted by atomic mass is 10.1. The number of aromatic nitrogens is 1. The van der Waals surface area contributed by atoms with E-state index in [4.69, 9.17) is 0 Å². The van der Waals surface area contributed by atoms with Crippen molar-refractivity contribution in [3.05, 3.63) is 51.0 Å². The van der Waals surface area contributed by atoms with E-state index >= 15 is 0 Å². The molecule has 0 spiro atoms. The van der Waals surface area contributed by atoms with Crippen molar-refractivity contribution in [3.8, 4) is 0 Å². The van der Waals surface area contributed by atoms with Gasteiger partial charge in [0, 0.05) is 11.4 Å². The molecule has 2 rings (SSSR count). The number of nitrogens with one attached hydrogen (secondary N) is 3. The van der Waals surface area contributed by atoms with E-state index < -0.39 is 10.0 Å². The van der Waals surface area contributed by atoms with Crippen LogP contribution in [0.3, 0.4) is 0 Å². The average molecular weight is 410 g/mol. The molecular formula is C18H27N5O2S2. The Hall–Kier alpha value is -1.97. The molecule has 2 aromatic rings. The van der Waals surface area contributed by atoms with Crippen molar-refractivity contribution in [2.45, 2.75) is 39.6 Å². The summed E-state index contributed by atoms with van der Waals surface area (Å²) in [4.78, 5) is 10.3. The summed E-state index contributed by atoms with van der Waals surface area (Å²) >= 11 is 1.68. The van der Waals surface area contributed by atoms with Gasteiger partial charge in [0.05, 0.1) is 24.5 Å². The zero-order valence-electron chi connectivity index (χ0n) is 16.2. The molecule has 9 heteroatoms. The maximum absolute atomic E-state index is 11.7. The Morgan fingerprint density at radius 3 is 2.59 bits per heavy atom. The first kappa shape index (κ1) is 21.3. The zero-order valence-corrected chi connectivity index (χ0v) is 17.8. The van der Waals surface area contributed by atoms with E-state index in [1.54, 1.807) is 17.4 Å². The number of aliphatic imine (C=N–C) groups is 1. The predicted octanol–water partition coefficient (Wildman–Crippen LogP) is 2.06. The number of guanidine groups is 1. The second-order valence-corrected chi connectivity index (χ2v) is 9.30. The van der Waals surface area contributed by atoms with Crippen molar-refractivity contribution in [3.63, 3.8) is 0 Å². The molecule has 1 aromatic heterocycles. The first-order chi connectivity index (χ1) is 12.8. The summed E-state index contributed by atoms with van der Waals surface area (Å²) in [6.45, 7) is 7.91. The van der Waals surface area contributed by atoms with E-state index in [1.165, 1.54) is 11.9 Å². The normalized spacial score (nSPS) is 12.2. The van der Waals surface area contributed by atoms with Crippen molar-refractivity contribution in [2.24, 2.45) is 4.99 Å². The van der Waals surface area contributed by atoms with Gasteiger partial charge in [-0.1, -0.05) is 24.3 Å². The van der Waals surface area contributed by atoms with E-state index in [0.717, 1.165) is 28.4 Å². The molecule has 0 saturated heterocycles. The summed E-state index contributed by atoms with van der Waals surface area (Å²) in [5.74, 6) is 0.665. The molecule has 3 N–H and O–H groups in total. The smallest absolute Gasteiger partial charge is 0.215 e. The van der Waals surface area contributed by atoms with Crippen molar-refractivity contribution in [2.75, 3.05) is 13.6 Å². The SMILES string of the molecule is CCNC(=NCc1cccc(CS(=O)(=O)NC)c1)NCc1nc(C)c(C)s1. The molecule has 0 aliphatic rings. The highest BCUT2D eigenvalue weighted by Gasteiger charge is 2.09. The topological polar surface area (TPSA) is 95.5 Å². The largest absolute Gasteiger partial charge is 0.357 e. The maximum atomic E-state index is 11.7. The molecule has 0 fully saturated rings. The third-order valence-electron chi connectivity index (χ3n) is 3.90. The molecule has 0 atom stereocenters. The van der Waals surface area contributed by atoms with Gasteiger partial charge in [0.25, 0.3) is 0 Å². The van der Waals surface area contributed by atoms with Crippen LogP contribution in [0.4, 0.5) is 0 Å². The summed E-state index contributed by atoms with van der Waals surface area (Å²) in [7, 11) is -1.87. The minimum Gasteiger partial charge on any atom is -0.357 e. The van der Waals surface area contributed by atoms with Gasteiger partial charge in [-0.15, -0.1) is 11.3 Å². The highest BCUT2D eigenvalue weighted by molar-refractivity contribution is 7.88. The third-order valence-corrected chi connectivity index (χ3v) is 6.31. The number of hydrogen-bond donors (Lipinski definition) is 3. The van der Waals surface area contributed by atoms with E-state index in [2.05, 4.69) is 32.3 Å². The van der Waals surface area contributed by atoms with Gasteiger partial charge in [0.1, 0.15) is 5.01 Å². The minimum absolute atomic E-state index is 0.0396. The zero-order chi connectivity index (χ0) is 19.9. The van der Waals surface area contributed by atoms with Crippen LogP contribution in [0.15, 0.2) is 29.3 Å². The van der Waals surface area contributed by atoms with Crippen LogP contribution >= 0.6 is 11.3 Å². The molecular weight excluding hydrogens is 382 g/mol. The summed E-state index contributed by atoms with van der Waals surface area (Å²) in [5.41, 5.74) is 2.76.